The number of aliphatic hydroxyl groups is 1. The molecule has 0 saturated carbocycles. The van der Waals surface area contributed by atoms with E-state index < -0.39 is 23.8 Å². The number of aromatic nitrogens is 2. The van der Waals surface area contributed by atoms with Crippen LogP contribution in [0.5, 0.6) is 0 Å². The number of carbonyl (C=O) groups excluding carboxylic acids is 2. The number of alkyl halides is 2. The number of likely N-dealkylation sites (tertiary alicyclic amines) is 1. The molecule has 3 heterocycles. The summed E-state index contributed by atoms with van der Waals surface area (Å²) < 4.78 is 27.9. The quantitative estimate of drug-likeness (QED) is 0.280. The minimum absolute atomic E-state index is 0.119. The zero-order valence-electron chi connectivity index (χ0n) is 21.2. The number of hydrogen-bond acceptors (Lipinski definition) is 6. The molecule has 2 amide bonds. The maximum atomic E-state index is 13.1. The molecule has 200 valence electrons. The smallest absolute Gasteiger partial charge is 0.272 e. The molecule has 1 fully saturated rings. The Hall–Kier alpha value is -3.62. The highest BCUT2D eigenvalue weighted by Crippen LogP contribution is 2.33. The third-order valence-corrected chi connectivity index (χ3v) is 8.26. The average Bonchev–Trinajstić information content (AvgIpc) is 3.66. The van der Waals surface area contributed by atoms with Crippen molar-refractivity contribution >= 4 is 40.1 Å². The molecule has 1 aliphatic heterocycles. The van der Waals surface area contributed by atoms with Crippen LogP contribution >= 0.6 is 11.3 Å². The Balaban J connectivity index is 1.73. The van der Waals surface area contributed by atoms with Gasteiger partial charge in [-0.1, -0.05) is 26.5 Å². The lowest BCUT2D eigenvalue weighted by Crippen LogP contribution is -2.38. The van der Waals surface area contributed by atoms with Gasteiger partial charge in [0, 0.05) is 13.1 Å². The number of fused-ring (bicyclic) bond motifs is 1. The number of nitrogens with zero attached hydrogens (tertiary/aromatic N) is 4. The van der Waals surface area contributed by atoms with Crippen LogP contribution in [0.1, 0.15) is 66.1 Å². The number of nitriles is 1. The van der Waals surface area contributed by atoms with Crippen LogP contribution in [0.25, 0.3) is 11.0 Å². The van der Waals surface area contributed by atoms with Gasteiger partial charge in [0.25, 0.3) is 18.2 Å². The average molecular weight is 542 g/mol. The summed E-state index contributed by atoms with van der Waals surface area (Å²) in [6.07, 6.45) is -0.226. The van der Waals surface area contributed by atoms with Gasteiger partial charge in [-0.15, -0.1) is 11.3 Å². The van der Waals surface area contributed by atoms with Crippen LogP contribution in [0.2, 0.25) is 0 Å². The molecule has 1 atom stereocenters. The number of hydrogen-bond donors (Lipinski definition) is 2. The number of benzene rings is 1. The van der Waals surface area contributed by atoms with Crippen LogP contribution in [0, 0.1) is 11.3 Å². The van der Waals surface area contributed by atoms with Crippen LogP contribution in [0.3, 0.4) is 0 Å². The zero-order chi connectivity index (χ0) is 27.6. The normalized spacial score (nSPS) is 15.7. The topological polar surface area (TPSA) is 111 Å². The van der Waals surface area contributed by atoms with Crippen molar-refractivity contribution in [3.63, 3.8) is 0 Å². The molecule has 4 rings (SSSR count). The van der Waals surface area contributed by atoms with Gasteiger partial charge < -0.3 is 14.6 Å². The zero-order valence-corrected chi connectivity index (χ0v) is 22.0. The lowest BCUT2D eigenvalue weighted by Gasteiger charge is -2.26. The molecule has 11 heteroatoms. The highest BCUT2D eigenvalue weighted by molar-refractivity contribution is 7.14. The van der Waals surface area contributed by atoms with Gasteiger partial charge in [0.15, 0.2) is 0 Å². The van der Waals surface area contributed by atoms with Crippen molar-refractivity contribution in [1.82, 2.24) is 14.5 Å². The molecule has 0 unspecified atom stereocenters. The summed E-state index contributed by atoms with van der Waals surface area (Å²) in [7, 11) is 0. The Labute approximate surface area is 223 Å². The molecular weight excluding hydrogens is 512 g/mol. The molecule has 0 spiro atoms. The van der Waals surface area contributed by atoms with Gasteiger partial charge in [-0.05, 0) is 55.5 Å². The van der Waals surface area contributed by atoms with Gasteiger partial charge in [0.1, 0.15) is 11.6 Å². The van der Waals surface area contributed by atoms with Gasteiger partial charge in [-0.25, -0.2) is 13.8 Å². The van der Waals surface area contributed by atoms with E-state index in [4.69, 9.17) is 5.26 Å². The first-order chi connectivity index (χ1) is 18.1. The molecule has 1 aromatic carbocycles. The Morgan fingerprint density at radius 2 is 2.05 bits per heavy atom. The van der Waals surface area contributed by atoms with E-state index in [-0.39, 0.29) is 33.9 Å². The highest BCUT2D eigenvalue weighted by atomic mass is 32.1. The number of thiophene rings is 1. The van der Waals surface area contributed by atoms with Crippen LogP contribution in [0.15, 0.2) is 42.5 Å². The van der Waals surface area contributed by atoms with E-state index in [0.717, 1.165) is 6.42 Å². The van der Waals surface area contributed by atoms with Crippen LogP contribution in [0.4, 0.5) is 14.7 Å². The molecular formula is C27H29F2N5O3S. The fraction of sp³-hybridized carbons (Fsp3) is 0.407. The predicted molar refractivity (Wildman–Crippen MR) is 141 cm³/mol. The third-order valence-electron chi connectivity index (χ3n) is 7.17. The van der Waals surface area contributed by atoms with Gasteiger partial charge in [0.05, 0.1) is 32.4 Å². The van der Waals surface area contributed by atoms with E-state index in [2.05, 4.69) is 16.9 Å². The summed E-state index contributed by atoms with van der Waals surface area (Å²) in [6, 6.07) is 9.53. The van der Waals surface area contributed by atoms with Crippen molar-refractivity contribution in [2.24, 2.45) is 0 Å². The van der Waals surface area contributed by atoms with E-state index in [9.17, 15) is 23.5 Å². The lowest BCUT2D eigenvalue weighted by atomic mass is 9.88. The van der Waals surface area contributed by atoms with Crippen molar-refractivity contribution in [3.8, 4) is 6.07 Å². The summed E-state index contributed by atoms with van der Waals surface area (Å²) >= 11 is 0.710. The molecule has 3 aromatic rings. The standard InChI is InChI=1S/C27H29F2N5O3S/c1-4-27(37,5-2)17-8-9-20-19(13-17)31-26(32-24(35)22-11-10-21(38-22)23(28)29)34(20)15-18-7-6-12-33(18)25(36)16(3)14-30/h8-11,13,18,23,37H,3-7,12,15H2,1-2H3,(H,31,32,35)/t18-/m1/s1. The molecule has 2 aromatic heterocycles. The molecule has 38 heavy (non-hydrogen) atoms. The Bertz CT molecular complexity index is 1420. The van der Waals surface area contributed by atoms with E-state index in [1.165, 1.54) is 12.1 Å². The number of amides is 2. The van der Waals surface area contributed by atoms with Gasteiger partial charge >= 0.3 is 0 Å². The Morgan fingerprint density at radius 1 is 1.32 bits per heavy atom. The third kappa shape index (κ3) is 5.19. The molecule has 0 aliphatic carbocycles. The monoisotopic (exact) mass is 541 g/mol. The van der Waals surface area contributed by atoms with Gasteiger partial charge in [-0.3, -0.25) is 14.9 Å². The van der Waals surface area contributed by atoms with Crippen molar-refractivity contribution in [2.75, 3.05) is 11.9 Å². The first-order valence-corrected chi connectivity index (χ1v) is 13.3. The second-order valence-electron chi connectivity index (χ2n) is 9.33. The van der Waals surface area contributed by atoms with Crippen LogP contribution in [-0.4, -0.2) is 44.0 Å². The highest BCUT2D eigenvalue weighted by Gasteiger charge is 2.32. The molecule has 1 aliphatic rings. The second kappa shape index (κ2) is 11.0. The first kappa shape index (κ1) is 27.4. The van der Waals surface area contributed by atoms with Crippen molar-refractivity contribution in [1.29, 1.82) is 5.26 Å². The summed E-state index contributed by atoms with van der Waals surface area (Å²) in [5.41, 5.74) is 0.735. The number of carbonyl (C=O) groups is 2. The van der Waals surface area contributed by atoms with Gasteiger partial charge in [-0.2, -0.15) is 5.26 Å². The molecule has 0 bridgehead atoms. The molecule has 2 N–H and O–H groups in total. The van der Waals surface area contributed by atoms with E-state index >= 15 is 0 Å². The SMILES string of the molecule is C=C(C#N)C(=O)N1CCC[C@@H]1Cn1c(NC(=O)c2ccc(C(F)F)s2)nc2cc(C(O)(CC)CC)ccc21. The van der Waals surface area contributed by atoms with E-state index in [1.54, 1.807) is 15.5 Å². The first-order valence-electron chi connectivity index (χ1n) is 12.4. The fourth-order valence-corrected chi connectivity index (χ4v) is 5.60. The second-order valence-corrected chi connectivity index (χ2v) is 10.4. The Kier molecular flexibility index (Phi) is 7.94. The molecule has 1 saturated heterocycles. The number of imidazole rings is 1. The summed E-state index contributed by atoms with van der Waals surface area (Å²) in [5, 5.41) is 22.9. The summed E-state index contributed by atoms with van der Waals surface area (Å²) in [5.74, 6) is -0.806. The van der Waals surface area contributed by atoms with Crippen molar-refractivity contribution in [3.05, 3.63) is 57.8 Å². The number of anilines is 1. The van der Waals surface area contributed by atoms with Gasteiger partial charge in [0.2, 0.25) is 5.95 Å². The summed E-state index contributed by atoms with van der Waals surface area (Å²) in [6.45, 7) is 8.11. The Morgan fingerprint density at radius 3 is 2.68 bits per heavy atom. The lowest BCUT2D eigenvalue weighted by molar-refractivity contribution is -0.127. The maximum Gasteiger partial charge on any atom is 0.272 e. The largest absolute Gasteiger partial charge is 0.385 e. The maximum absolute atomic E-state index is 13.1. The van der Waals surface area contributed by atoms with Crippen LogP contribution < -0.4 is 5.32 Å². The predicted octanol–water partition coefficient (Wildman–Crippen LogP) is 5.37. The number of nitrogens with one attached hydrogen (secondary N) is 1. The molecule has 0 radical (unpaired) electrons. The van der Waals surface area contributed by atoms with E-state index in [1.807, 2.05) is 32.0 Å². The molecule has 8 nitrogen and oxygen atoms in total. The summed E-state index contributed by atoms with van der Waals surface area (Å²) in [4.78, 5) is 31.9. The van der Waals surface area contributed by atoms with Crippen molar-refractivity contribution < 1.29 is 23.5 Å². The fourth-order valence-electron chi connectivity index (χ4n) is 4.84. The van der Waals surface area contributed by atoms with E-state index in [0.29, 0.717) is 53.7 Å². The van der Waals surface area contributed by atoms with Crippen LogP contribution in [-0.2, 0) is 16.9 Å². The minimum Gasteiger partial charge on any atom is -0.385 e. The number of rotatable bonds is 9. The van der Waals surface area contributed by atoms with Crippen molar-refractivity contribution in [2.45, 2.75) is 64.1 Å². The number of halogens is 2. The minimum atomic E-state index is -2.67.